The van der Waals surface area contributed by atoms with Crippen molar-refractivity contribution < 1.29 is 63.2 Å². The fraction of sp³-hybridized carbons (Fsp3) is 0.702. The molecule has 2 saturated heterocycles. The maximum atomic E-state index is 14.0. The highest BCUT2D eigenvalue weighted by molar-refractivity contribution is 5.91. The van der Waals surface area contributed by atoms with Gasteiger partial charge in [0.2, 0.25) is 0 Å². The number of anilines is 1. The number of hydrogen-bond donors (Lipinski definition) is 5. The molecule has 0 amide bonds. The van der Waals surface area contributed by atoms with Crippen LogP contribution >= 0.6 is 0 Å². The fourth-order valence-electron chi connectivity index (χ4n) is 9.18. The molecule has 18 heteroatoms. The van der Waals surface area contributed by atoms with Gasteiger partial charge in [-0.05, 0) is 78.3 Å². The molecule has 3 aliphatic rings. The summed E-state index contributed by atoms with van der Waals surface area (Å²) < 4.78 is 44.2. The van der Waals surface area contributed by atoms with Crippen LogP contribution in [0.3, 0.4) is 0 Å². The van der Waals surface area contributed by atoms with Gasteiger partial charge in [-0.15, -0.1) is 5.10 Å². The zero-order valence-corrected chi connectivity index (χ0v) is 39.5. The molecule has 4 unspecified atom stereocenters. The number of methoxy groups -OCH3 is 2. The van der Waals surface area contributed by atoms with E-state index >= 15 is 0 Å². The van der Waals surface area contributed by atoms with E-state index in [4.69, 9.17) is 38.9 Å². The number of esters is 1. The third-order valence-corrected chi connectivity index (χ3v) is 13.2. The number of ketones is 1. The molecule has 65 heavy (non-hydrogen) atoms. The van der Waals surface area contributed by atoms with E-state index in [0.29, 0.717) is 37.2 Å². The van der Waals surface area contributed by atoms with Crippen molar-refractivity contribution in [3.05, 3.63) is 54.3 Å². The van der Waals surface area contributed by atoms with Gasteiger partial charge in [0.25, 0.3) is 0 Å². The van der Waals surface area contributed by atoms with Gasteiger partial charge in [0.15, 0.2) is 18.4 Å². The summed E-state index contributed by atoms with van der Waals surface area (Å²) in [5, 5.41) is 54.1. The normalized spacial score (nSPS) is 37.0. The lowest BCUT2D eigenvalue weighted by molar-refractivity contribution is -0.304. The number of rotatable bonds is 13. The van der Waals surface area contributed by atoms with Crippen molar-refractivity contribution in [3.8, 4) is 11.3 Å². The first-order valence-corrected chi connectivity index (χ1v) is 22.7. The molecule has 364 valence electrons. The largest absolute Gasteiger partial charge is 0.462 e. The molecule has 2 aromatic rings. The van der Waals surface area contributed by atoms with Crippen molar-refractivity contribution >= 4 is 17.4 Å². The lowest BCUT2D eigenvalue weighted by Gasteiger charge is -2.46. The summed E-state index contributed by atoms with van der Waals surface area (Å²) in [4.78, 5) is 29.6. The van der Waals surface area contributed by atoms with Gasteiger partial charge in [-0.1, -0.05) is 55.8 Å². The molecule has 0 saturated carbocycles. The second-order valence-electron chi connectivity index (χ2n) is 18.2. The van der Waals surface area contributed by atoms with Crippen molar-refractivity contribution in [1.82, 2.24) is 19.9 Å². The van der Waals surface area contributed by atoms with Crippen molar-refractivity contribution in [2.75, 3.05) is 40.7 Å². The smallest absolute Gasteiger partial charge is 0.308 e. The second kappa shape index (κ2) is 23.9. The van der Waals surface area contributed by atoms with Crippen LogP contribution in [0.5, 0.6) is 0 Å². The Balaban J connectivity index is 1.47. The second-order valence-corrected chi connectivity index (χ2v) is 18.2. The summed E-state index contributed by atoms with van der Waals surface area (Å²) in [5.41, 5.74) is 8.73. The number of allylic oxidation sites excluding steroid dienone is 3. The molecule has 6 N–H and O–H groups in total. The quantitative estimate of drug-likeness (QED) is 0.143. The Hall–Kier alpha value is -3.66. The predicted octanol–water partition coefficient (Wildman–Crippen LogP) is 2.90. The Labute approximate surface area is 383 Å². The number of nitrogens with zero attached hydrogens (tertiary/aromatic N) is 4. The standard InChI is InChI=1S/C47H73N5O13/c1-11-37-32(24-61-47-45(60-10)44(59-9)41(57)29(6)63-47)20-25(2)12-17-35(53)26(3)21-31(18-19-52-23-34(49-50-52)30-13-15-33(48)16-14-30)43(27(4)36(54)22-38(55)64-37)65-46-42(58)39(51(7)8)40(56)28(5)62-46/h12-17,20,23,26-29,31-32,36-37,39-47,54,56-58H,11,18-19,21-22,24,48H2,1-10H3/t26-,27+,28-,29?,31+,32-,36-,37-,39?,40-,41-,42?,43-,44+,45?,46+,47-/m1/s1. The van der Waals surface area contributed by atoms with Crippen LogP contribution in [0.15, 0.2) is 54.3 Å². The van der Waals surface area contributed by atoms with E-state index in [1.165, 1.54) is 20.3 Å². The SMILES string of the molecule is CC[C@H]1OC(=O)C[C@@H](O)[C@H](C)[C@@H](O[C@@H]2O[C@H](C)[C@@H](O)C(N(C)C)C2O)[C@@H](CCn2cc(-c3ccc(N)cc3)nn2)C[C@@H](C)C(=O)C=CC(C)=C[C@@H]1CO[C@@H]1OC(C)[C@@H](O)[C@H](OC)C1OC. The molecule has 5 rings (SSSR count). The maximum absolute atomic E-state index is 14.0. The Kier molecular flexibility index (Phi) is 19.2. The molecule has 1 aromatic carbocycles. The predicted molar refractivity (Wildman–Crippen MR) is 240 cm³/mol. The number of nitrogen functional groups attached to an aromatic ring is 1. The highest BCUT2D eigenvalue weighted by atomic mass is 16.7. The molecule has 4 heterocycles. The summed E-state index contributed by atoms with van der Waals surface area (Å²) in [6.07, 6.45) is -3.50. The minimum Gasteiger partial charge on any atom is -0.462 e. The number of likely N-dealkylation sites (N-methyl/N-ethyl adjacent to an activating group) is 1. The molecule has 18 nitrogen and oxygen atoms in total. The Morgan fingerprint density at radius 2 is 1.55 bits per heavy atom. The summed E-state index contributed by atoms with van der Waals surface area (Å²) in [6.45, 7) is 11.1. The van der Waals surface area contributed by atoms with Crippen molar-refractivity contribution in [2.24, 2.45) is 23.7 Å². The molecular formula is C47H73N5O13. The van der Waals surface area contributed by atoms with E-state index in [-0.39, 0.29) is 12.4 Å². The van der Waals surface area contributed by atoms with E-state index < -0.39 is 116 Å². The monoisotopic (exact) mass is 916 g/mol. The van der Waals surface area contributed by atoms with Crippen LogP contribution < -0.4 is 5.73 Å². The van der Waals surface area contributed by atoms with Gasteiger partial charge in [-0.2, -0.15) is 0 Å². The minimum atomic E-state index is -1.30. The number of aromatic nitrogens is 3. The lowest BCUT2D eigenvalue weighted by atomic mass is 9.79. The van der Waals surface area contributed by atoms with E-state index in [1.807, 2.05) is 45.2 Å². The maximum Gasteiger partial charge on any atom is 0.308 e. The van der Waals surface area contributed by atoms with Crippen molar-refractivity contribution in [2.45, 2.75) is 153 Å². The lowest BCUT2D eigenvalue weighted by Crippen LogP contribution is -2.63. The van der Waals surface area contributed by atoms with E-state index in [9.17, 15) is 30.0 Å². The van der Waals surface area contributed by atoms with Gasteiger partial charge in [0.1, 0.15) is 36.2 Å². The zero-order valence-electron chi connectivity index (χ0n) is 39.5. The minimum absolute atomic E-state index is 0.0136. The summed E-state index contributed by atoms with van der Waals surface area (Å²) >= 11 is 0. The van der Waals surface area contributed by atoms with Crippen molar-refractivity contribution in [1.29, 1.82) is 0 Å². The number of nitrogens with two attached hydrogens (primary N) is 1. The molecule has 0 aliphatic carbocycles. The van der Waals surface area contributed by atoms with Gasteiger partial charge < -0.3 is 64.2 Å². The number of aliphatic hydroxyl groups is 4. The van der Waals surface area contributed by atoms with Crippen LogP contribution in [0.25, 0.3) is 11.3 Å². The van der Waals surface area contributed by atoms with E-state index in [2.05, 4.69) is 10.3 Å². The molecular weight excluding hydrogens is 843 g/mol. The molecule has 2 fully saturated rings. The molecule has 1 aromatic heterocycles. The first-order chi connectivity index (χ1) is 30.9. The first-order valence-electron chi connectivity index (χ1n) is 22.7. The number of carbonyl (C=O) groups excluding carboxylic acids is 2. The van der Waals surface area contributed by atoms with Crippen LogP contribution in [0.2, 0.25) is 0 Å². The summed E-state index contributed by atoms with van der Waals surface area (Å²) in [7, 11) is 6.45. The number of hydrogen-bond acceptors (Lipinski definition) is 17. The number of ether oxygens (including phenoxy) is 7. The molecule has 0 radical (unpaired) electrons. The van der Waals surface area contributed by atoms with Crippen LogP contribution in [-0.2, 0) is 49.3 Å². The highest BCUT2D eigenvalue weighted by Gasteiger charge is 2.48. The van der Waals surface area contributed by atoms with Gasteiger partial charge >= 0.3 is 5.97 Å². The van der Waals surface area contributed by atoms with Crippen LogP contribution in [-0.4, -0.2) is 167 Å². The van der Waals surface area contributed by atoms with E-state index in [1.54, 1.807) is 62.7 Å². The van der Waals surface area contributed by atoms with Crippen LogP contribution in [0.1, 0.15) is 67.2 Å². The fourth-order valence-corrected chi connectivity index (χ4v) is 9.18. The Bertz CT molecular complexity index is 1880. The van der Waals surface area contributed by atoms with Gasteiger partial charge in [-0.25, -0.2) is 0 Å². The number of benzene rings is 1. The van der Waals surface area contributed by atoms with Crippen LogP contribution in [0, 0.1) is 23.7 Å². The average molecular weight is 916 g/mol. The topological polar surface area (TPSA) is 240 Å². The molecule has 3 aliphatic heterocycles. The zero-order chi connectivity index (χ0) is 47.7. The van der Waals surface area contributed by atoms with Crippen LogP contribution in [0.4, 0.5) is 5.69 Å². The highest BCUT2D eigenvalue weighted by Crippen LogP contribution is 2.35. The number of aryl methyl sites for hydroxylation is 1. The summed E-state index contributed by atoms with van der Waals surface area (Å²) in [5.74, 6) is -3.08. The van der Waals surface area contributed by atoms with Gasteiger partial charge in [0.05, 0.1) is 55.8 Å². The number of carbonyl (C=O) groups is 2. The third-order valence-electron chi connectivity index (χ3n) is 13.2. The molecule has 0 spiro atoms. The van der Waals surface area contributed by atoms with Crippen molar-refractivity contribution in [3.63, 3.8) is 0 Å². The van der Waals surface area contributed by atoms with E-state index in [0.717, 1.165) is 11.1 Å². The van der Waals surface area contributed by atoms with Gasteiger partial charge in [-0.3, -0.25) is 14.3 Å². The summed E-state index contributed by atoms with van der Waals surface area (Å²) in [6, 6.07) is 6.56. The number of cyclic esters (lactones) is 1. The Morgan fingerprint density at radius 1 is 0.892 bits per heavy atom. The average Bonchev–Trinajstić information content (AvgIpc) is 3.75. The first kappa shape index (κ1) is 52.3. The third kappa shape index (κ3) is 13.3. The van der Waals surface area contributed by atoms with Gasteiger partial charge in [0, 0.05) is 49.8 Å². The number of aliphatic hydroxyl groups excluding tert-OH is 4. The Morgan fingerprint density at radius 3 is 2.20 bits per heavy atom. The molecule has 17 atom stereocenters. The molecule has 0 bridgehead atoms.